The Labute approximate surface area is 152 Å². The molecule has 1 saturated carbocycles. The Morgan fingerprint density at radius 3 is 2.20 bits per heavy atom. The van der Waals surface area contributed by atoms with Crippen LogP contribution in [-0.4, -0.2) is 11.8 Å². The Bertz CT molecular complexity index is 857. The van der Waals surface area contributed by atoms with Crippen molar-refractivity contribution in [2.45, 2.75) is 33.6 Å². The summed E-state index contributed by atoms with van der Waals surface area (Å²) in [6.07, 6.45) is 1.10. The van der Waals surface area contributed by atoms with E-state index in [2.05, 4.69) is 10.6 Å². The second-order valence-electron chi connectivity index (χ2n) is 6.77. The van der Waals surface area contributed by atoms with Gasteiger partial charge in [0.1, 0.15) is 5.41 Å². The molecule has 5 heteroatoms. The number of anilines is 2. The first-order valence-electron chi connectivity index (χ1n) is 8.28. The van der Waals surface area contributed by atoms with Gasteiger partial charge in [-0.25, -0.2) is 0 Å². The van der Waals surface area contributed by atoms with Crippen LogP contribution in [0.2, 0.25) is 5.02 Å². The maximum Gasteiger partial charge on any atom is 0.240 e. The number of amides is 2. The van der Waals surface area contributed by atoms with Crippen LogP contribution in [0.5, 0.6) is 0 Å². The third-order valence-corrected chi connectivity index (χ3v) is 5.10. The van der Waals surface area contributed by atoms with Crippen molar-refractivity contribution in [2.75, 3.05) is 10.6 Å². The lowest BCUT2D eigenvalue weighted by Gasteiger charge is -2.17. The van der Waals surface area contributed by atoms with Crippen LogP contribution in [0.1, 0.15) is 29.5 Å². The minimum Gasteiger partial charge on any atom is -0.325 e. The normalized spacial score (nSPS) is 14.7. The fourth-order valence-corrected chi connectivity index (χ4v) is 2.90. The van der Waals surface area contributed by atoms with Crippen LogP contribution in [0.4, 0.5) is 11.4 Å². The summed E-state index contributed by atoms with van der Waals surface area (Å²) in [5, 5.41) is 6.32. The van der Waals surface area contributed by atoms with E-state index >= 15 is 0 Å². The molecule has 0 heterocycles. The lowest BCUT2D eigenvalue weighted by molar-refractivity contribution is -0.131. The Hall–Kier alpha value is -2.33. The predicted molar refractivity (Wildman–Crippen MR) is 101 cm³/mol. The summed E-state index contributed by atoms with van der Waals surface area (Å²) < 4.78 is 0. The van der Waals surface area contributed by atoms with Gasteiger partial charge in [0, 0.05) is 16.4 Å². The highest BCUT2D eigenvalue weighted by Crippen LogP contribution is 2.47. The molecule has 0 radical (unpaired) electrons. The van der Waals surface area contributed by atoms with Gasteiger partial charge < -0.3 is 10.6 Å². The van der Waals surface area contributed by atoms with E-state index in [-0.39, 0.29) is 11.8 Å². The summed E-state index contributed by atoms with van der Waals surface area (Å²) >= 11 is 6.10. The van der Waals surface area contributed by atoms with Gasteiger partial charge in [0.15, 0.2) is 0 Å². The molecule has 1 fully saturated rings. The molecule has 0 bridgehead atoms. The van der Waals surface area contributed by atoms with Gasteiger partial charge >= 0.3 is 0 Å². The first-order chi connectivity index (χ1) is 11.8. The van der Waals surface area contributed by atoms with Gasteiger partial charge in [-0.15, -0.1) is 0 Å². The molecule has 0 atom stereocenters. The van der Waals surface area contributed by atoms with Gasteiger partial charge in [0.2, 0.25) is 11.8 Å². The number of benzene rings is 2. The topological polar surface area (TPSA) is 58.2 Å². The fraction of sp³-hybridized carbons (Fsp3) is 0.300. The summed E-state index contributed by atoms with van der Waals surface area (Å²) in [5.74, 6) is -0.535. The molecule has 0 aliphatic heterocycles. The van der Waals surface area contributed by atoms with E-state index in [1.54, 1.807) is 12.1 Å². The summed E-state index contributed by atoms with van der Waals surface area (Å²) in [5.41, 5.74) is 3.33. The minimum atomic E-state index is -0.993. The van der Waals surface area contributed by atoms with Crippen molar-refractivity contribution >= 4 is 34.8 Å². The Balaban J connectivity index is 1.74. The average molecular weight is 357 g/mol. The molecule has 0 saturated heterocycles. The van der Waals surface area contributed by atoms with Crippen molar-refractivity contribution in [2.24, 2.45) is 5.41 Å². The van der Waals surface area contributed by atoms with Crippen LogP contribution < -0.4 is 10.6 Å². The van der Waals surface area contributed by atoms with E-state index < -0.39 is 5.41 Å². The van der Waals surface area contributed by atoms with Crippen LogP contribution in [0.3, 0.4) is 0 Å². The third-order valence-electron chi connectivity index (χ3n) is 4.69. The lowest BCUT2D eigenvalue weighted by atomic mass is 10.0. The molecule has 3 rings (SSSR count). The van der Waals surface area contributed by atoms with Crippen LogP contribution in [0.25, 0.3) is 0 Å². The molecule has 2 N–H and O–H groups in total. The minimum absolute atomic E-state index is 0.253. The van der Waals surface area contributed by atoms with Crippen molar-refractivity contribution in [3.8, 4) is 0 Å². The highest BCUT2D eigenvalue weighted by molar-refractivity contribution is 6.31. The standard InChI is InChI=1S/C20H21ClN2O2/c1-12-4-5-14(3)17(10-12)23-19(25)20(8-9-20)18(24)22-15-7-6-13(2)16(21)11-15/h4-7,10-11H,8-9H2,1-3H3,(H,22,24)(H,23,25). The van der Waals surface area contributed by atoms with E-state index in [0.29, 0.717) is 23.6 Å². The first-order valence-corrected chi connectivity index (χ1v) is 8.66. The maximum atomic E-state index is 12.7. The molecule has 1 aliphatic rings. The maximum absolute atomic E-state index is 12.7. The van der Waals surface area contributed by atoms with E-state index in [4.69, 9.17) is 11.6 Å². The van der Waals surface area contributed by atoms with Crippen molar-refractivity contribution in [3.63, 3.8) is 0 Å². The van der Waals surface area contributed by atoms with Crippen molar-refractivity contribution in [3.05, 3.63) is 58.1 Å². The van der Waals surface area contributed by atoms with Crippen molar-refractivity contribution in [1.82, 2.24) is 0 Å². The zero-order valence-corrected chi connectivity index (χ0v) is 15.3. The number of hydrogen-bond acceptors (Lipinski definition) is 2. The molecular formula is C20H21ClN2O2. The van der Waals surface area contributed by atoms with Crippen LogP contribution in [-0.2, 0) is 9.59 Å². The van der Waals surface area contributed by atoms with Crippen molar-refractivity contribution < 1.29 is 9.59 Å². The van der Waals surface area contributed by atoms with Gasteiger partial charge in [0.05, 0.1) is 0 Å². The van der Waals surface area contributed by atoms with Crippen molar-refractivity contribution in [1.29, 1.82) is 0 Å². The number of halogens is 1. The zero-order chi connectivity index (χ0) is 18.2. The molecule has 0 unspecified atom stereocenters. The Morgan fingerprint density at radius 2 is 1.56 bits per heavy atom. The molecule has 2 amide bonds. The number of nitrogens with one attached hydrogen (secondary N) is 2. The summed E-state index contributed by atoms with van der Waals surface area (Å²) in [6, 6.07) is 11.2. The summed E-state index contributed by atoms with van der Waals surface area (Å²) in [4.78, 5) is 25.4. The quantitative estimate of drug-likeness (QED) is 0.785. The van der Waals surface area contributed by atoms with Gasteiger partial charge in [-0.1, -0.05) is 29.8 Å². The molecule has 1 aliphatic carbocycles. The largest absolute Gasteiger partial charge is 0.325 e. The van der Waals surface area contributed by atoms with Crippen LogP contribution in [0, 0.1) is 26.2 Å². The second-order valence-corrected chi connectivity index (χ2v) is 7.18. The average Bonchev–Trinajstić information content (AvgIpc) is 3.36. The number of carbonyl (C=O) groups excluding carboxylic acids is 2. The molecule has 25 heavy (non-hydrogen) atoms. The molecule has 130 valence electrons. The number of rotatable bonds is 4. The summed E-state index contributed by atoms with van der Waals surface area (Å²) in [6.45, 7) is 5.80. The number of aryl methyl sites for hydroxylation is 3. The fourth-order valence-electron chi connectivity index (χ4n) is 2.72. The SMILES string of the molecule is Cc1ccc(C)c(NC(=O)C2(C(=O)Nc3ccc(C)c(Cl)c3)CC2)c1. The predicted octanol–water partition coefficient (Wildman–Crippen LogP) is 4.62. The number of carbonyl (C=O) groups is 2. The molecule has 2 aromatic rings. The van der Waals surface area contributed by atoms with Crippen LogP contribution >= 0.6 is 11.6 Å². The van der Waals surface area contributed by atoms with Gasteiger partial charge in [-0.2, -0.15) is 0 Å². The molecule has 0 spiro atoms. The van der Waals surface area contributed by atoms with Gasteiger partial charge in [0.25, 0.3) is 0 Å². The lowest BCUT2D eigenvalue weighted by Crippen LogP contribution is -2.35. The molecular weight excluding hydrogens is 336 g/mol. The van der Waals surface area contributed by atoms with E-state index in [1.807, 2.05) is 45.0 Å². The van der Waals surface area contributed by atoms with Gasteiger partial charge in [-0.3, -0.25) is 9.59 Å². The molecule has 4 nitrogen and oxygen atoms in total. The second kappa shape index (κ2) is 6.52. The highest BCUT2D eigenvalue weighted by Gasteiger charge is 2.56. The van der Waals surface area contributed by atoms with E-state index in [0.717, 1.165) is 22.4 Å². The zero-order valence-electron chi connectivity index (χ0n) is 14.6. The van der Waals surface area contributed by atoms with Gasteiger partial charge in [-0.05, 0) is 68.5 Å². The molecule has 2 aromatic carbocycles. The first kappa shape index (κ1) is 17.5. The summed E-state index contributed by atoms with van der Waals surface area (Å²) in [7, 11) is 0. The highest BCUT2D eigenvalue weighted by atomic mass is 35.5. The molecule has 0 aromatic heterocycles. The van der Waals surface area contributed by atoms with E-state index in [1.165, 1.54) is 0 Å². The third kappa shape index (κ3) is 3.54. The monoisotopic (exact) mass is 356 g/mol. The van der Waals surface area contributed by atoms with E-state index in [9.17, 15) is 9.59 Å². The Kier molecular flexibility index (Phi) is 4.56. The van der Waals surface area contributed by atoms with Crippen LogP contribution in [0.15, 0.2) is 36.4 Å². The number of hydrogen-bond donors (Lipinski definition) is 2. The Morgan fingerprint density at radius 1 is 0.920 bits per heavy atom. The smallest absolute Gasteiger partial charge is 0.240 e.